The van der Waals surface area contributed by atoms with E-state index in [9.17, 15) is 9.59 Å². The average Bonchev–Trinajstić information content (AvgIpc) is 2.69. The molecule has 2 aromatic rings. The van der Waals surface area contributed by atoms with Gasteiger partial charge >= 0.3 is 0 Å². The van der Waals surface area contributed by atoms with E-state index in [-0.39, 0.29) is 11.8 Å². The Morgan fingerprint density at radius 2 is 2.00 bits per heavy atom. The van der Waals surface area contributed by atoms with Crippen LogP contribution < -0.4 is 5.32 Å². The highest BCUT2D eigenvalue weighted by Crippen LogP contribution is 2.22. The lowest BCUT2D eigenvalue weighted by Crippen LogP contribution is -2.58. The zero-order valence-corrected chi connectivity index (χ0v) is 14.8. The second kappa shape index (κ2) is 7.28. The van der Waals surface area contributed by atoms with Crippen molar-refractivity contribution in [3.63, 3.8) is 0 Å². The Morgan fingerprint density at radius 1 is 1.19 bits per heavy atom. The van der Waals surface area contributed by atoms with Crippen LogP contribution in [0.1, 0.15) is 40.0 Å². The van der Waals surface area contributed by atoms with Crippen LogP contribution in [-0.4, -0.2) is 40.8 Å². The van der Waals surface area contributed by atoms with Crippen LogP contribution in [0.5, 0.6) is 0 Å². The Balaban J connectivity index is 1.59. The predicted molar refractivity (Wildman–Crippen MR) is 98.9 cm³/mol. The van der Waals surface area contributed by atoms with Gasteiger partial charge in [0, 0.05) is 31.4 Å². The molecule has 1 atom stereocenters. The fraction of sp³-hybridized carbons (Fsp3) is 0.381. The summed E-state index contributed by atoms with van der Waals surface area (Å²) in [5.74, 6) is -0.180. The number of hydrogen-bond donors (Lipinski definition) is 1. The van der Waals surface area contributed by atoms with Crippen molar-refractivity contribution in [1.29, 1.82) is 0 Å². The molecule has 26 heavy (non-hydrogen) atoms. The van der Waals surface area contributed by atoms with Gasteiger partial charge in [0.25, 0.3) is 5.91 Å². The van der Waals surface area contributed by atoms with Crippen LogP contribution in [0.3, 0.4) is 0 Å². The van der Waals surface area contributed by atoms with Gasteiger partial charge in [-0.1, -0.05) is 30.3 Å². The smallest absolute Gasteiger partial charge is 0.256 e. The summed E-state index contributed by atoms with van der Waals surface area (Å²) in [4.78, 5) is 31.8. The molecule has 1 aliphatic heterocycles. The van der Waals surface area contributed by atoms with Gasteiger partial charge in [-0.25, -0.2) is 0 Å². The third-order valence-electron chi connectivity index (χ3n) is 5.28. The zero-order chi connectivity index (χ0) is 17.9. The quantitative estimate of drug-likeness (QED) is 0.923. The SMILES string of the molecule is O=C1NCCN(C(=O)c2cnc3c(c2)CCCC3)C1Cc1ccccc1. The Morgan fingerprint density at radius 3 is 2.85 bits per heavy atom. The maximum Gasteiger partial charge on any atom is 0.256 e. The van der Waals surface area contributed by atoms with Gasteiger partial charge in [0.05, 0.1) is 5.56 Å². The molecule has 1 fully saturated rings. The number of carbonyl (C=O) groups is 2. The van der Waals surface area contributed by atoms with Gasteiger partial charge in [0.1, 0.15) is 6.04 Å². The molecule has 5 heteroatoms. The Labute approximate surface area is 153 Å². The average molecular weight is 349 g/mol. The van der Waals surface area contributed by atoms with Gasteiger partial charge < -0.3 is 10.2 Å². The van der Waals surface area contributed by atoms with Gasteiger partial charge in [0.15, 0.2) is 0 Å². The summed E-state index contributed by atoms with van der Waals surface area (Å²) in [6.45, 7) is 1.02. The van der Waals surface area contributed by atoms with Crippen molar-refractivity contribution >= 4 is 11.8 Å². The van der Waals surface area contributed by atoms with E-state index in [0.717, 1.165) is 30.5 Å². The summed E-state index contributed by atoms with van der Waals surface area (Å²) in [6, 6.07) is 11.3. The summed E-state index contributed by atoms with van der Waals surface area (Å²) in [5, 5.41) is 2.89. The molecule has 2 amide bonds. The van der Waals surface area contributed by atoms with Gasteiger partial charge in [-0.15, -0.1) is 0 Å². The van der Waals surface area contributed by atoms with Crippen LogP contribution in [0.2, 0.25) is 0 Å². The van der Waals surface area contributed by atoms with E-state index in [1.54, 1.807) is 11.1 Å². The summed E-state index contributed by atoms with van der Waals surface area (Å²) in [5.41, 5.74) is 3.95. The summed E-state index contributed by atoms with van der Waals surface area (Å²) >= 11 is 0. The number of nitrogens with zero attached hydrogens (tertiary/aromatic N) is 2. The monoisotopic (exact) mass is 349 g/mol. The van der Waals surface area contributed by atoms with Crippen LogP contribution in [0, 0.1) is 0 Å². The number of carbonyl (C=O) groups excluding carboxylic acids is 2. The van der Waals surface area contributed by atoms with Crippen molar-refractivity contribution in [1.82, 2.24) is 15.2 Å². The number of hydrogen-bond acceptors (Lipinski definition) is 3. The number of fused-ring (bicyclic) bond motifs is 1. The third-order valence-corrected chi connectivity index (χ3v) is 5.28. The Bertz CT molecular complexity index is 819. The van der Waals surface area contributed by atoms with Gasteiger partial charge in [0.2, 0.25) is 5.91 Å². The highest BCUT2D eigenvalue weighted by Gasteiger charge is 2.34. The largest absolute Gasteiger partial charge is 0.353 e. The van der Waals surface area contributed by atoms with E-state index in [0.29, 0.717) is 25.1 Å². The lowest BCUT2D eigenvalue weighted by Gasteiger charge is -2.35. The van der Waals surface area contributed by atoms with Crippen LogP contribution in [0.25, 0.3) is 0 Å². The van der Waals surface area contributed by atoms with Crippen molar-refractivity contribution < 1.29 is 9.59 Å². The van der Waals surface area contributed by atoms with Crippen molar-refractivity contribution in [3.8, 4) is 0 Å². The molecule has 0 bridgehead atoms. The Kier molecular flexibility index (Phi) is 4.69. The minimum atomic E-state index is -0.477. The maximum atomic E-state index is 13.1. The van der Waals surface area contributed by atoms with Crippen molar-refractivity contribution in [2.24, 2.45) is 0 Å². The fourth-order valence-electron chi connectivity index (χ4n) is 3.87. The molecular weight excluding hydrogens is 326 g/mol. The van der Waals surface area contributed by atoms with E-state index in [2.05, 4.69) is 10.3 Å². The molecule has 1 saturated heterocycles. The molecule has 0 saturated carbocycles. The zero-order valence-electron chi connectivity index (χ0n) is 14.8. The number of pyridine rings is 1. The van der Waals surface area contributed by atoms with E-state index in [1.165, 1.54) is 12.0 Å². The molecule has 0 spiro atoms. The molecule has 5 nitrogen and oxygen atoms in total. The first-order valence-electron chi connectivity index (χ1n) is 9.33. The second-order valence-electron chi connectivity index (χ2n) is 7.03. The topological polar surface area (TPSA) is 62.3 Å². The molecule has 4 rings (SSSR count). The standard InChI is InChI=1S/C21H23N3O2/c25-20-19(12-15-6-2-1-3-7-15)24(11-10-22-20)21(26)17-13-16-8-4-5-9-18(16)23-14-17/h1-3,6-7,13-14,19H,4-5,8-12H2,(H,22,25). The molecule has 1 N–H and O–H groups in total. The molecule has 2 aliphatic rings. The number of aryl methyl sites for hydroxylation is 2. The van der Waals surface area contributed by atoms with Crippen LogP contribution in [0.4, 0.5) is 0 Å². The van der Waals surface area contributed by atoms with Crippen molar-refractivity contribution in [3.05, 3.63) is 65.0 Å². The fourth-order valence-corrected chi connectivity index (χ4v) is 3.87. The number of rotatable bonds is 3. The summed E-state index contributed by atoms with van der Waals surface area (Å²) in [6.07, 6.45) is 6.49. The van der Waals surface area contributed by atoms with Crippen LogP contribution >= 0.6 is 0 Å². The number of benzene rings is 1. The lowest BCUT2D eigenvalue weighted by molar-refractivity contribution is -0.127. The molecule has 1 aromatic carbocycles. The molecule has 1 unspecified atom stereocenters. The Hall–Kier alpha value is -2.69. The van der Waals surface area contributed by atoms with Crippen molar-refractivity contribution in [2.45, 2.75) is 38.1 Å². The van der Waals surface area contributed by atoms with Crippen molar-refractivity contribution in [2.75, 3.05) is 13.1 Å². The molecule has 2 heterocycles. The minimum Gasteiger partial charge on any atom is -0.353 e. The number of piperazine rings is 1. The number of amides is 2. The molecule has 0 radical (unpaired) electrons. The molecule has 1 aliphatic carbocycles. The highest BCUT2D eigenvalue weighted by atomic mass is 16.2. The predicted octanol–water partition coefficient (Wildman–Crippen LogP) is 2.14. The summed E-state index contributed by atoms with van der Waals surface area (Å²) < 4.78 is 0. The normalized spacial score (nSPS) is 19.6. The second-order valence-corrected chi connectivity index (χ2v) is 7.03. The molecular formula is C21H23N3O2. The summed E-state index contributed by atoms with van der Waals surface area (Å²) in [7, 11) is 0. The maximum absolute atomic E-state index is 13.1. The first-order valence-corrected chi connectivity index (χ1v) is 9.33. The van der Waals surface area contributed by atoms with Gasteiger partial charge in [-0.2, -0.15) is 0 Å². The van der Waals surface area contributed by atoms with E-state index in [4.69, 9.17) is 0 Å². The van der Waals surface area contributed by atoms with Gasteiger partial charge in [-0.3, -0.25) is 14.6 Å². The first kappa shape index (κ1) is 16.8. The minimum absolute atomic E-state index is 0.0839. The van der Waals surface area contributed by atoms with Gasteiger partial charge in [-0.05, 0) is 42.9 Å². The van der Waals surface area contributed by atoms with E-state index >= 15 is 0 Å². The molecule has 134 valence electrons. The van der Waals surface area contributed by atoms with E-state index in [1.807, 2.05) is 36.4 Å². The van der Waals surface area contributed by atoms with Crippen LogP contribution in [0.15, 0.2) is 42.6 Å². The van der Waals surface area contributed by atoms with Crippen LogP contribution in [-0.2, 0) is 24.1 Å². The number of aromatic nitrogens is 1. The van der Waals surface area contributed by atoms with E-state index < -0.39 is 6.04 Å². The highest BCUT2D eigenvalue weighted by molar-refractivity contribution is 5.98. The lowest BCUT2D eigenvalue weighted by atomic mass is 9.94. The third kappa shape index (κ3) is 3.34. The number of nitrogens with one attached hydrogen (secondary N) is 1. The molecule has 1 aromatic heterocycles. The first-order chi connectivity index (χ1) is 12.7.